The summed E-state index contributed by atoms with van der Waals surface area (Å²) in [7, 11) is 1.48. The van der Waals surface area contributed by atoms with Crippen molar-refractivity contribution in [3.63, 3.8) is 0 Å². The van der Waals surface area contributed by atoms with Gasteiger partial charge < -0.3 is 9.88 Å². The van der Waals surface area contributed by atoms with Crippen LogP contribution in [0.1, 0.15) is 7.20 Å². The third kappa shape index (κ3) is 1.93. The Morgan fingerprint density at radius 1 is 1.56 bits per heavy atom. The predicted octanol–water partition coefficient (Wildman–Crippen LogP) is 0.511. The van der Waals surface area contributed by atoms with Crippen LogP contribution in [0.5, 0.6) is 0 Å². The van der Waals surface area contributed by atoms with E-state index in [1.54, 1.807) is 24.3 Å². The summed E-state index contributed by atoms with van der Waals surface area (Å²) in [5.74, 6) is 0.372. The van der Waals surface area contributed by atoms with Crippen molar-refractivity contribution in [2.75, 3.05) is 7.05 Å². The van der Waals surface area contributed by atoms with Crippen LogP contribution in [0.2, 0.25) is 0 Å². The number of benzene rings is 1. The van der Waals surface area contributed by atoms with E-state index in [0.717, 1.165) is 4.90 Å². The summed E-state index contributed by atoms with van der Waals surface area (Å²) < 4.78 is 6.92. The van der Waals surface area contributed by atoms with Crippen molar-refractivity contribution in [1.29, 1.82) is 0 Å². The SMILES string of the molecule is [2H]C(=O)N(C)Cc1nc2ccccc2c(=O)[nH]1. The van der Waals surface area contributed by atoms with Gasteiger partial charge in [0.25, 0.3) is 5.56 Å². The summed E-state index contributed by atoms with van der Waals surface area (Å²) in [6, 6.07) is 6.97. The molecule has 0 aliphatic rings. The van der Waals surface area contributed by atoms with E-state index in [2.05, 4.69) is 9.97 Å². The van der Waals surface area contributed by atoms with Crippen LogP contribution in [0.3, 0.4) is 0 Å². The van der Waals surface area contributed by atoms with Crippen LogP contribution in [0.4, 0.5) is 0 Å². The summed E-state index contributed by atoms with van der Waals surface area (Å²) >= 11 is 0. The minimum absolute atomic E-state index is 0.113. The van der Waals surface area contributed by atoms with Gasteiger partial charge in [0, 0.05) is 7.05 Å². The number of para-hydroxylation sites is 1. The van der Waals surface area contributed by atoms with Crippen molar-refractivity contribution < 1.29 is 6.17 Å². The maximum Gasteiger partial charge on any atom is 0.258 e. The van der Waals surface area contributed by atoms with Gasteiger partial charge in [0.05, 0.1) is 17.4 Å². The van der Waals surface area contributed by atoms with Gasteiger partial charge in [-0.2, -0.15) is 0 Å². The van der Waals surface area contributed by atoms with Crippen molar-refractivity contribution >= 4 is 17.3 Å². The fourth-order valence-corrected chi connectivity index (χ4v) is 1.47. The van der Waals surface area contributed by atoms with E-state index < -0.39 is 6.39 Å². The van der Waals surface area contributed by atoms with Crippen molar-refractivity contribution in [1.82, 2.24) is 14.9 Å². The number of hydrogen-bond donors (Lipinski definition) is 1. The molecule has 0 saturated carbocycles. The number of hydrogen-bond acceptors (Lipinski definition) is 3. The number of aromatic nitrogens is 2. The maximum atomic E-state index is 11.7. The second-order valence-electron chi connectivity index (χ2n) is 3.48. The molecule has 0 atom stereocenters. The Hall–Kier alpha value is -2.17. The van der Waals surface area contributed by atoms with E-state index in [0.29, 0.717) is 16.7 Å². The van der Waals surface area contributed by atoms with Crippen LogP contribution in [-0.4, -0.2) is 28.3 Å². The number of fused-ring (bicyclic) bond motifs is 1. The van der Waals surface area contributed by atoms with E-state index in [1.807, 2.05) is 0 Å². The first-order valence-corrected chi connectivity index (χ1v) is 4.77. The van der Waals surface area contributed by atoms with E-state index in [4.69, 9.17) is 1.37 Å². The summed E-state index contributed by atoms with van der Waals surface area (Å²) in [6.45, 7) is 0.113. The standard InChI is InChI=1S/C11H11N3O2/c1-14(7-15)6-10-12-9-5-3-2-4-8(9)11(16)13-10/h2-5,7H,6H2,1H3,(H,12,13,16)/i7D. The molecule has 1 amide bonds. The maximum absolute atomic E-state index is 11.7. The van der Waals surface area contributed by atoms with Crippen molar-refractivity contribution in [3.05, 3.63) is 40.4 Å². The molecule has 0 unspecified atom stereocenters. The van der Waals surface area contributed by atoms with Gasteiger partial charge in [-0.1, -0.05) is 12.1 Å². The highest BCUT2D eigenvalue weighted by atomic mass is 16.1. The third-order valence-corrected chi connectivity index (χ3v) is 2.20. The molecular formula is C11H11N3O2. The highest BCUT2D eigenvalue weighted by molar-refractivity contribution is 5.77. The lowest BCUT2D eigenvalue weighted by molar-refractivity contribution is -0.117. The van der Waals surface area contributed by atoms with Crippen molar-refractivity contribution in [2.24, 2.45) is 0 Å². The molecule has 1 heterocycles. The number of nitrogens with one attached hydrogen (secondary N) is 1. The molecule has 0 aliphatic carbocycles. The molecule has 5 nitrogen and oxygen atoms in total. The lowest BCUT2D eigenvalue weighted by Gasteiger charge is -2.09. The monoisotopic (exact) mass is 218 g/mol. The third-order valence-electron chi connectivity index (χ3n) is 2.20. The van der Waals surface area contributed by atoms with Gasteiger partial charge in [-0.05, 0) is 12.1 Å². The Morgan fingerprint density at radius 2 is 2.31 bits per heavy atom. The highest BCUT2D eigenvalue weighted by Gasteiger charge is 2.04. The van der Waals surface area contributed by atoms with Gasteiger partial charge in [0.2, 0.25) is 6.39 Å². The van der Waals surface area contributed by atoms with Gasteiger partial charge >= 0.3 is 0 Å². The summed E-state index contributed by atoms with van der Waals surface area (Å²) in [5, 5.41) is 0.510. The number of nitrogens with zero attached hydrogens (tertiary/aromatic N) is 2. The van der Waals surface area contributed by atoms with Gasteiger partial charge in [0.1, 0.15) is 7.20 Å². The minimum atomic E-state index is -0.819. The molecule has 0 bridgehead atoms. The zero-order valence-corrected chi connectivity index (χ0v) is 8.73. The van der Waals surface area contributed by atoms with Crippen LogP contribution in [0, 0.1) is 0 Å². The molecule has 0 saturated heterocycles. The van der Waals surface area contributed by atoms with Crippen LogP contribution in [0.25, 0.3) is 10.9 Å². The summed E-state index contributed by atoms with van der Waals surface area (Å²) in [5.41, 5.74) is 0.341. The van der Waals surface area contributed by atoms with Crippen molar-refractivity contribution in [3.8, 4) is 0 Å². The fraction of sp³-hybridized carbons (Fsp3) is 0.182. The average molecular weight is 218 g/mol. The first kappa shape index (κ1) is 9.08. The summed E-state index contributed by atoms with van der Waals surface area (Å²) in [6.07, 6.45) is -0.819. The van der Waals surface area contributed by atoms with E-state index >= 15 is 0 Å². The Bertz CT molecular complexity index is 623. The number of rotatable bonds is 2. The number of H-pyrrole nitrogens is 1. The van der Waals surface area contributed by atoms with Crippen LogP contribution in [-0.2, 0) is 11.3 Å². The van der Waals surface area contributed by atoms with Crippen LogP contribution < -0.4 is 5.56 Å². The smallest absolute Gasteiger partial charge is 0.258 e. The molecule has 0 spiro atoms. The Morgan fingerprint density at radius 3 is 3.06 bits per heavy atom. The molecular weight excluding hydrogens is 206 g/mol. The van der Waals surface area contributed by atoms with Gasteiger partial charge in [0.15, 0.2) is 0 Å². The molecule has 2 rings (SSSR count). The fourth-order valence-electron chi connectivity index (χ4n) is 1.47. The van der Waals surface area contributed by atoms with E-state index in [9.17, 15) is 9.59 Å². The topological polar surface area (TPSA) is 66.1 Å². The summed E-state index contributed by atoms with van der Waals surface area (Å²) in [4.78, 5) is 30.5. The Kier molecular flexibility index (Phi) is 2.35. The van der Waals surface area contributed by atoms with Gasteiger partial charge in [-0.15, -0.1) is 0 Å². The first-order valence-electron chi connectivity index (χ1n) is 5.27. The molecule has 1 aromatic heterocycles. The number of carbonyl (C=O) groups is 1. The zero-order valence-electron chi connectivity index (χ0n) is 9.73. The lowest BCUT2D eigenvalue weighted by Crippen LogP contribution is -2.20. The molecule has 0 aliphatic heterocycles. The Labute approximate surface area is 93.1 Å². The second kappa shape index (κ2) is 4.14. The molecule has 0 radical (unpaired) electrons. The van der Waals surface area contributed by atoms with Crippen LogP contribution >= 0.6 is 0 Å². The second-order valence-corrected chi connectivity index (χ2v) is 3.48. The average Bonchev–Trinajstić information content (AvgIpc) is 2.29. The molecule has 0 fully saturated rings. The largest absolute Gasteiger partial charge is 0.341 e. The van der Waals surface area contributed by atoms with Gasteiger partial charge in [-0.25, -0.2) is 4.98 Å². The number of aromatic amines is 1. The number of amides is 1. The van der Waals surface area contributed by atoms with Crippen molar-refractivity contribution in [2.45, 2.75) is 6.54 Å². The van der Waals surface area contributed by atoms with E-state index in [1.165, 1.54) is 7.05 Å². The first-order chi connectivity index (χ1) is 8.08. The normalized spacial score (nSPS) is 11.2. The zero-order chi connectivity index (χ0) is 12.4. The molecule has 82 valence electrons. The predicted molar refractivity (Wildman–Crippen MR) is 59.9 cm³/mol. The Balaban J connectivity index is 2.44. The highest BCUT2D eigenvalue weighted by Crippen LogP contribution is 2.05. The van der Waals surface area contributed by atoms with Gasteiger partial charge in [-0.3, -0.25) is 9.59 Å². The minimum Gasteiger partial charge on any atom is -0.341 e. The molecule has 1 N–H and O–H groups in total. The molecule has 16 heavy (non-hydrogen) atoms. The number of carbonyl (C=O) groups excluding carboxylic acids is 1. The molecule has 1 aromatic carbocycles. The quantitative estimate of drug-likeness (QED) is 0.747. The van der Waals surface area contributed by atoms with E-state index in [-0.39, 0.29) is 12.1 Å². The molecule has 5 heteroatoms. The van der Waals surface area contributed by atoms with Crippen LogP contribution in [0.15, 0.2) is 29.1 Å². The lowest BCUT2D eigenvalue weighted by atomic mass is 10.2. The molecule has 2 aromatic rings.